The van der Waals surface area contributed by atoms with E-state index in [9.17, 15) is 8.42 Å². The lowest BCUT2D eigenvalue weighted by molar-refractivity contribution is 0.509. The molecule has 1 atom stereocenters. The van der Waals surface area contributed by atoms with Gasteiger partial charge in [0.1, 0.15) is 11.5 Å². The van der Waals surface area contributed by atoms with Crippen LogP contribution < -0.4 is 0 Å². The van der Waals surface area contributed by atoms with Gasteiger partial charge in [-0.15, -0.1) is 0 Å². The number of hydrogen-bond acceptors (Lipinski definition) is 3. The summed E-state index contributed by atoms with van der Waals surface area (Å²) in [6.45, 7) is 6.17. The zero-order valence-corrected chi connectivity index (χ0v) is 17.8. The van der Waals surface area contributed by atoms with Gasteiger partial charge < -0.3 is 0 Å². The van der Waals surface area contributed by atoms with Gasteiger partial charge >= 0.3 is 10.1 Å². The maximum absolute atomic E-state index is 12.1. The van der Waals surface area contributed by atoms with E-state index >= 15 is 0 Å². The molecule has 0 aromatic heterocycles. The highest BCUT2D eigenvalue weighted by atomic mass is 32.3. The van der Waals surface area contributed by atoms with Crippen molar-refractivity contribution in [2.24, 2.45) is 0 Å². The molecular weight excluding hydrogens is 352 g/mol. The summed E-state index contributed by atoms with van der Waals surface area (Å²) in [4.78, 5) is 0. The van der Waals surface area contributed by atoms with E-state index in [1.54, 1.807) is 0 Å². The third-order valence-electron chi connectivity index (χ3n) is 4.12. The molecule has 0 radical (unpaired) electrons. The molecule has 5 heteroatoms. The molecule has 3 nitrogen and oxygen atoms in total. The molecule has 1 aromatic rings. The Kier molecular flexibility index (Phi) is 11.5. The third kappa shape index (κ3) is 10.9. The number of benzene rings is 1. The standard InChI is InChI=1S/C20H35O3S2/c1-4-6-7-8-9-10-16-24(23-25(21,22)18-5-2)17-15-20-13-11-19(3)12-14-20/h11-14H,4-10,15-18H2,1-3H3/q+1. The minimum absolute atomic E-state index is 0.123. The fraction of sp³-hybridized carbons (Fsp3) is 0.700. The normalized spacial score (nSPS) is 13.1. The molecule has 0 heterocycles. The van der Waals surface area contributed by atoms with Crippen molar-refractivity contribution in [3.8, 4) is 0 Å². The molecule has 0 fully saturated rings. The first-order valence-electron chi connectivity index (χ1n) is 9.62. The molecule has 25 heavy (non-hydrogen) atoms. The van der Waals surface area contributed by atoms with Gasteiger partial charge in [0.05, 0.1) is 5.75 Å². The minimum Gasteiger partial charge on any atom is -0.195 e. The van der Waals surface area contributed by atoms with Gasteiger partial charge in [-0.3, -0.25) is 0 Å². The number of unbranched alkanes of at least 4 members (excludes halogenated alkanes) is 5. The van der Waals surface area contributed by atoms with E-state index in [4.69, 9.17) is 3.63 Å². The van der Waals surface area contributed by atoms with Crippen LogP contribution in [0.15, 0.2) is 24.3 Å². The first-order valence-corrected chi connectivity index (χ1v) is 12.7. The highest BCUT2D eigenvalue weighted by molar-refractivity contribution is 8.02. The average Bonchev–Trinajstić information content (AvgIpc) is 2.56. The molecule has 0 amide bonds. The van der Waals surface area contributed by atoms with E-state index in [1.165, 1.54) is 43.2 Å². The molecule has 0 aliphatic rings. The van der Waals surface area contributed by atoms with Crippen molar-refractivity contribution >= 4 is 21.3 Å². The van der Waals surface area contributed by atoms with Gasteiger partial charge in [0.15, 0.2) is 11.2 Å². The quantitative estimate of drug-likeness (QED) is 0.326. The summed E-state index contributed by atoms with van der Waals surface area (Å²) < 4.78 is 29.7. The Morgan fingerprint density at radius 3 is 2.16 bits per heavy atom. The average molecular weight is 388 g/mol. The molecule has 0 N–H and O–H groups in total. The largest absolute Gasteiger partial charge is 0.311 e. The van der Waals surface area contributed by atoms with Crippen LogP contribution in [-0.4, -0.2) is 25.7 Å². The van der Waals surface area contributed by atoms with Gasteiger partial charge in [0, 0.05) is 6.42 Å². The second-order valence-electron chi connectivity index (χ2n) is 6.68. The van der Waals surface area contributed by atoms with Crippen LogP contribution in [0.5, 0.6) is 0 Å². The lowest BCUT2D eigenvalue weighted by Gasteiger charge is -2.08. The molecule has 1 unspecified atom stereocenters. The molecular formula is C20H35O3S2+. The Labute approximate surface area is 158 Å². The molecule has 144 valence electrons. The Balaban J connectivity index is 2.50. The Bertz CT molecular complexity index is 553. The van der Waals surface area contributed by atoms with Gasteiger partial charge in [-0.05, 0) is 35.4 Å². The molecule has 1 rings (SSSR count). The van der Waals surface area contributed by atoms with Gasteiger partial charge in [0.2, 0.25) is 0 Å². The van der Waals surface area contributed by atoms with E-state index in [0.29, 0.717) is 6.42 Å². The summed E-state index contributed by atoms with van der Waals surface area (Å²) in [6, 6.07) is 8.47. The van der Waals surface area contributed by atoms with Crippen molar-refractivity contribution in [2.45, 2.75) is 72.1 Å². The summed E-state index contributed by atoms with van der Waals surface area (Å²) in [5.74, 6) is 1.78. The fourth-order valence-electron chi connectivity index (χ4n) is 2.63. The van der Waals surface area contributed by atoms with Crippen molar-refractivity contribution in [3.05, 3.63) is 35.4 Å². The van der Waals surface area contributed by atoms with Gasteiger partial charge in [0.25, 0.3) is 0 Å². The van der Waals surface area contributed by atoms with Crippen molar-refractivity contribution in [3.63, 3.8) is 0 Å². The Morgan fingerprint density at radius 2 is 1.52 bits per heavy atom. The van der Waals surface area contributed by atoms with Crippen LogP contribution in [0.25, 0.3) is 0 Å². The van der Waals surface area contributed by atoms with Crippen molar-refractivity contribution in [2.75, 3.05) is 17.3 Å². The topological polar surface area (TPSA) is 43.4 Å². The molecule has 0 bridgehead atoms. The molecule has 0 saturated carbocycles. The Hall–Kier alpha value is -0.520. The molecule has 0 aliphatic carbocycles. The summed E-state index contributed by atoms with van der Waals surface area (Å²) >= 11 is -0.496. The van der Waals surface area contributed by atoms with Crippen LogP contribution in [0.4, 0.5) is 0 Å². The zero-order chi connectivity index (χ0) is 18.5. The maximum atomic E-state index is 12.1. The molecule has 1 aromatic carbocycles. The van der Waals surface area contributed by atoms with Crippen LogP contribution in [0.2, 0.25) is 0 Å². The predicted octanol–water partition coefficient (Wildman–Crippen LogP) is 5.19. The first kappa shape index (κ1) is 22.5. The van der Waals surface area contributed by atoms with Crippen molar-refractivity contribution in [1.29, 1.82) is 0 Å². The zero-order valence-electron chi connectivity index (χ0n) is 16.1. The second kappa shape index (κ2) is 12.8. The SMILES string of the molecule is CCCCCCCC[S+](CCc1ccc(C)cc1)OS(=O)(=O)CCC. The lowest BCUT2D eigenvalue weighted by atomic mass is 10.1. The van der Waals surface area contributed by atoms with Crippen LogP contribution in [0, 0.1) is 6.92 Å². The van der Waals surface area contributed by atoms with E-state index in [0.717, 1.165) is 24.3 Å². The van der Waals surface area contributed by atoms with Gasteiger partial charge in [-0.1, -0.05) is 69.4 Å². The van der Waals surface area contributed by atoms with E-state index in [2.05, 4.69) is 38.1 Å². The van der Waals surface area contributed by atoms with E-state index in [-0.39, 0.29) is 5.75 Å². The van der Waals surface area contributed by atoms with Crippen LogP contribution in [0.1, 0.15) is 69.9 Å². The third-order valence-corrected chi connectivity index (χ3v) is 8.03. The summed E-state index contributed by atoms with van der Waals surface area (Å²) in [5, 5.41) is 0. The van der Waals surface area contributed by atoms with Gasteiger partial charge in [-0.2, -0.15) is 8.42 Å². The van der Waals surface area contributed by atoms with Crippen LogP contribution >= 0.6 is 0 Å². The van der Waals surface area contributed by atoms with E-state index < -0.39 is 21.3 Å². The maximum Gasteiger partial charge on any atom is 0.311 e. The monoisotopic (exact) mass is 387 g/mol. The van der Waals surface area contributed by atoms with Crippen LogP contribution in [0.3, 0.4) is 0 Å². The molecule has 0 aliphatic heterocycles. The van der Waals surface area contributed by atoms with Crippen LogP contribution in [-0.2, 0) is 31.3 Å². The number of hydrogen-bond donors (Lipinski definition) is 0. The summed E-state index contributed by atoms with van der Waals surface area (Å²) in [5.41, 5.74) is 2.50. The summed E-state index contributed by atoms with van der Waals surface area (Å²) in [6.07, 6.45) is 8.77. The molecule has 0 spiro atoms. The van der Waals surface area contributed by atoms with E-state index in [1.807, 2.05) is 6.92 Å². The van der Waals surface area contributed by atoms with Crippen molar-refractivity contribution in [1.82, 2.24) is 0 Å². The number of aryl methyl sites for hydroxylation is 2. The smallest absolute Gasteiger partial charge is 0.195 e. The van der Waals surface area contributed by atoms with Gasteiger partial charge in [-0.25, -0.2) is 0 Å². The first-order chi connectivity index (χ1) is 12.0. The fourth-order valence-corrected chi connectivity index (χ4v) is 6.31. The minimum atomic E-state index is -3.38. The molecule has 0 saturated heterocycles. The number of rotatable bonds is 14. The lowest BCUT2D eigenvalue weighted by Crippen LogP contribution is -2.23. The highest BCUT2D eigenvalue weighted by Gasteiger charge is 2.28. The van der Waals surface area contributed by atoms with Crippen molar-refractivity contribution < 1.29 is 12.0 Å². The predicted molar refractivity (Wildman–Crippen MR) is 111 cm³/mol. The summed E-state index contributed by atoms with van der Waals surface area (Å²) in [7, 11) is -3.38. The Morgan fingerprint density at radius 1 is 0.880 bits per heavy atom. The highest BCUT2D eigenvalue weighted by Crippen LogP contribution is 2.15. The second-order valence-corrected chi connectivity index (χ2v) is 10.4.